The van der Waals surface area contributed by atoms with Crippen molar-refractivity contribution in [2.75, 3.05) is 0 Å². The fraction of sp³-hybridized carbons (Fsp3) is 0.235. The maximum Gasteiger partial charge on any atom is 0.196 e. The fourth-order valence-electron chi connectivity index (χ4n) is 2.98. The Kier molecular flexibility index (Phi) is 3.61. The minimum Gasteiger partial charge on any atom is -0.390 e. The molecule has 0 amide bonds. The predicted molar refractivity (Wildman–Crippen MR) is 85.5 cm³/mol. The number of nitriles is 1. The van der Waals surface area contributed by atoms with Gasteiger partial charge in [0, 0.05) is 16.8 Å². The van der Waals surface area contributed by atoms with Crippen LogP contribution in [0.15, 0.2) is 40.9 Å². The van der Waals surface area contributed by atoms with Gasteiger partial charge in [-0.1, -0.05) is 6.07 Å². The number of aliphatic hydroxyl groups excluding tert-OH is 1. The minimum absolute atomic E-state index is 0.142. The quantitative estimate of drug-likeness (QED) is 0.744. The van der Waals surface area contributed by atoms with Gasteiger partial charge < -0.3 is 10.4 Å². The van der Waals surface area contributed by atoms with Gasteiger partial charge in [0.05, 0.1) is 41.9 Å². The molecule has 1 unspecified atom stereocenters. The summed E-state index contributed by atoms with van der Waals surface area (Å²) >= 11 is 0. The zero-order valence-electron chi connectivity index (χ0n) is 12.8. The van der Waals surface area contributed by atoms with Gasteiger partial charge in [-0.15, -0.1) is 0 Å². The van der Waals surface area contributed by atoms with Crippen molar-refractivity contribution < 1.29 is 5.11 Å². The van der Waals surface area contributed by atoms with Gasteiger partial charge >= 0.3 is 0 Å². The number of aromatic amines is 1. The van der Waals surface area contributed by atoms with Crippen molar-refractivity contribution in [2.24, 2.45) is 0 Å². The SMILES string of the molecule is [C-]#[N+]C1=C(C)NC(C)=C(C#N)C1c1ccc2n[nH]c(CO)c2c1. The van der Waals surface area contributed by atoms with Crippen LogP contribution in [0.3, 0.4) is 0 Å². The summed E-state index contributed by atoms with van der Waals surface area (Å²) in [6.07, 6.45) is 0. The Morgan fingerprint density at radius 3 is 2.83 bits per heavy atom. The number of fused-ring (bicyclic) bond motifs is 1. The Morgan fingerprint density at radius 2 is 2.17 bits per heavy atom. The second-order valence-corrected chi connectivity index (χ2v) is 5.47. The summed E-state index contributed by atoms with van der Waals surface area (Å²) in [4.78, 5) is 3.64. The number of H-pyrrole nitrogens is 1. The highest BCUT2D eigenvalue weighted by atomic mass is 16.3. The number of hydrogen-bond donors (Lipinski definition) is 3. The molecule has 0 fully saturated rings. The first-order valence-electron chi connectivity index (χ1n) is 7.14. The highest BCUT2D eigenvalue weighted by molar-refractivity contribution is 5.82. The molecule has 6 nitrogen and oxygen atoms in total. The zero-order chi connectivity index (χ0) is 16.6. The topological polar surface area (TPSA) is 89.1 Å². The number of dihydropyridines is 1. The number of nitrogens with zero attached hydrogens (tertiary/aromatic N) is 3. The number of aromatic nitrogens is 2. The van der Waals surface area contributed by atoms with E-state index in [1.807, 2.05) is 32.0 Å². The van der Waals surface area contributed by atoms with Crippen LogP contribution in [0.5, 0.6) is 0 Å². The van der Waals surface area contributed by atoms with E-state index in [1.165, 1.54) is 0 Å². The maximum atomic E-state index is 9.53. The number of rotatable bonds is 2. The first kappa shape index (κ1) is 14.8. The van der Waals surface area contributed by atoms with Crippen LogP contribution >= 0.6 is 0 Å². The molecule has 114 valence electrons. The Morgan fingerprint density at radius 1 is 1.39 bits per heavy atom. The van der Waals surface area contributed by atoms with Crippen molar-refractivity contribution in [3.63, 3.8) is 0 Å². The average Bonchev–Trinajstić information content (AvgIpc) is 2.96. The van der Waals surface area contributed by atoms with Crippen molar-refractivity contribution >= 4 is 10.9 Å². The van der Waals surface area contributed by atoms with E-state index < -0.39 is 5.92 Å². The summed E-state index contributed by atoms with van der Waals surface area (Å²) in [7, 11) is 0. The Balaban J connectivity index is 2.23. The van der Waals surface area contributed by atoms with Crippen LogP contribution in [-0.2, 0) is 6.61 Å². The van der Waals surface area contributed by atoms with Crippen molar-refractivity contribution in [2.45, 2.75) is 26.4 Å². The number of benzene rings is 1. The average molecular weight is 305 g/mol. The van der Waals surface area contributed by atoms with E-state index in [4.69, 9.17) is 6.57 Å². The lowest BCUT2D eigenvalue weighted by atomic mass is 9.84. The molecule has 0 saturated carbocycles. The monoisotopic (exact) mass is 305 g/mol. The van der Waals surface area contributed by atoms with Gasteiger partial charge in [-0.25, -0.2) is 4.85 Å². The van der Waals surface area contributed by atoms with Crippen molar-refractivity contribution in [1.29, 1.82) is 5.26 Å². The summed E-state index contributed by atoms with van der Waals surface area (Å²) in [5.74, 6) is -0.399. The molecule has 2 aromatic rings. The molecule has 1 aliphatic heterocycles. The smallest absolute Gasteiger partial charge is 0.196 e. The van der Waals surface area contributed by atoms with Gasteiger partial charge in [0.2, 0.25) is 0 Å². The highest BCUT2D eigenvalue weighted by Gasteiger charge is 2.30. The van der Waals surface area contributed by atoms with Gasteiger partial charge in [-0.3, -0.25) is 5.10 Å². The summed E-state index contributed by atoms with van der Waals surface area (Å²) < 4.78 is 0. The number of aliphatic hydroxyl groups is 1. The van der Waals surface area contributed by atoms with Crippen LogP contribution in [0.1, 0.15) is 31.0 Å². The molecule has 23 heavy (non-hydrogen) atoms. The van der Waals surface area contributed by atoms with Gasteiger partial charge in [-0.05, 0) is 31.5 Å². The van der Waals surface area contributed by atoms with Gasteiger partial charge in [-0.2, -0.15) is 10.4 Å². The van der Waals surface area contributed by atoms with Crippen LogP contribution in [0.2, 0.25) is 0 Å². The van der Waals surface area contributed by atoms with E-state index >= 15 is 0 Å². The summed E-state index contributed by atoms with van der Waals surface area (Å²) in [6.45, 7) is 11.0. The first-order valence-corrected chi connectivity index (χ1v) is 7.14. The Bertz CT molecular complexity index is 900. The molecular weight excluding hydrogens is 290 g/mol. The standard InChI is InChI=1S/C17H15N5O/c1-9-13(7-18)16(17(19-3)10(2)20-9)11-4-5-14-12(6-11)15(8-23)22-21-14/h4-6,16,20,23H,8H2,1-2H3,(H,21,22). The third kappa shape index (κ3) is 2.26. The van der Waals surface area contributed by atoms with E-state index in [1.54, 1.807) is 0 Å². The number of hydrogen-bond acceptors (Lipinski definition) is 4. The van der Waals surface area contributed by atoms with Crippen LogP contribution in [0.25, 0.3) is 15.7 Å². The number of allylic oxidation sites excluding steroid dienone is 3. The number of nitrogens with one attached hydrogen (secondary N) is 2. The summed E-state index contributed by atoms with van der Waals surface area (Å²) in [5, 5.41) is 29.8. The summed E-state index contributed by atoms with van der Waals surface area (Å²) in [5.41, 5.74) is 4.79. The molecule has 1 aromatic heterocycles. The van der Waals surface area contributed by atoms with Crippen LogP contribution in [0, 0.1) is 17.9 Å². The van der Waals surface area contributed by atoms with Crippen LogP contribution < -0.4 is 5.32 Å². The first-order chi connectivity index (χ1) is 11.1. The molecule has 0 radical (unpaired) electrons. The lowest BCUT2D eigenvalue weighted by molar-refractivity contribution is 0.278. The maximum absolute atomic E-state index is 9.53. The third-order valence-electron chi connectivity index (χ3n) is 4.11. The lowest BCUT2D eigenvalue weighted by Crippen LogP contribution is -2.22. The van der Waals surface area contributed by atoms with E-state index in [9.17, 15) is 10.4 Å². The Labute approximate surface area is 133 Å². The molecule has 0 saturated heterocycles. The molecule has 2 heterocycles. The van der Waals surface area contributed by atoms with Crippen molar-refractivity contribution in [1.82, 2.24) is 15.5 Å². The fourth-order valence-corrected chi connectivity index (χ4v) is 2.98. The third-order valence-corrected chi connectivity index (χ3v) is 4.11. The van der Waals surface area contributed by atoms with Gasteiger partial charge in [0.1, 0.15) is 0 Å². The second kappa shape index (κ2) is 5.60. The molecule has 0 spiro atoms. The highest BCUT2D eigenvalue weighted by Crippen LogP contribution is 2.39. The predicted octanol–water partition coefficient (Wildman–Crippen LogP) is 2.69. The molecular formula is C17H15N5O. The zero-order valence-corrected chi connectivity index (χ0v) is 12.8. The molecule has 0 aliphatic carbocycles. The minimum atomic E-state index is -0.399. The molecule has 6 heteroatoms. The van der Waals surface area contributed by atoms with E-state index in [0.717, 1.165) is 27.9 Å². The molecule has 0 bridgehead atoms. The van der Waals surface area contributed by atoms with Gasteiger partial charge in [0.25, 0.3) is 0 Å². The van der Waals surface area contributed by atoms with E-state index in [-0.39, 0.29) is 6.61 Å². The van der Waals surface area contributed by atoms with Crippen LogP contribution in [-0.4, -0.2) is 15.3 Å². The summed E-state index contributed by atoms with van der Waals surface area (Å²) in [6, 6.07) is 7.83. The molecule has 1 aromatic carbocycles. The van der Waals surface area contributed by atoms with Crippen molar-refractivity contribution in [3.05, 3.63) is 63.5 Å². The van der Waals surface area contributed by atoms with E-state index in [2.05, 4.69) is 26.4 Å². The molecule has 3 rings (SSSR count). The lowest BCUT2D eigenvalue weighted by Gasteiger charge is -2.26. The van der Waals surface area contributed by atoms with Crippen molar-refractivity contribution in [3.8, 4) is 6.07 Å². The Hall–Kier alpha value is -3.09. The molecule has 1 atom stereocenters. The van der Waals surface area contributed by atoms with E-state index in [0.29, 0.717) is 17.0 Å². The van der Waals surface area contributed by atoms with Gasteiger partial charge in [0.15, 0.2) is 5.70 Å². The largest absolute Gasteiger partial charge is 0.390 e. The van der Waals surface area contributed by atoms with Crippen LogP contribution in [0.4, 0.5) is 0 Å². The molecule has 1 aliphatic rings. The molecule has 3 N–H and O–H groups in total. The second-order valence-electron chi connectivity index (χ2n) is 5.47. The normalized spacial score (nSPS) is 17.9.